The van der Waals surface area contributed by atoms with Crippen LogP contribution in [0.15, 0.2) is 85.3 Å². The molecule has 2 nitrogen and oxygen atoms in total. The number of rotatable bonds is 9. The number of nitrogens with zero attached hydrogens (tertiary/aromatic N) is 1. The van der Waals surface area contributed by atoms with E-state index in [1.54, 1.807) is 0 Å². The Balaban J connectivity index is 1.75. The number of allylic oxidation sites excluding steroid dienone is 1. The topological polar surface area (TPSA) is 24.9 Å². The molecule has 1 N–H and O–H groups in total. The Kier molecular flexibility index (Phi) is 7.80. The van der Waals surface area contributed by atoms with E-state index in [0.29, 0.717) is 0 Å². The Morgan fingerprint density at radius 3 is 2.10 bits per heavy atom. The van der Waals surface area contributed by atoms with Gasteiger partial charge in [-0.2, -0.15) is 0 Å². The van der Waals surface area contributed by atoms with E-state index in [1.165, 1.54) is 16.7 Å². The van der Waals surface area contributed by atoms with Gasteiger partial charge in [-0.25, -0.2) is 0 Å². The molecule has 3 aromatic rings. The van der Waals surface area contributed by atoms with E-state index in [-0.39, 0.29) is 17.4 Å². The van der Waals surface area contributed by atoms with Crippen molar-refractivity contribution < 1.29 is 0 Å². The number of benzene rings is 2. The van der Waals surface area contributed by atoms with Crippen molar-refractivity contribution in [3.05, 3.63) is 112 Å². The smallest absolute Gasteiger partial charge is 0.0406 e. The summed E-state index contributed by atoms with van der Waals surface area (Å²) in [6, 6.07) is 20.5. The van der Waals surface area contributed by atoms with Gasteiger partial charge in [-0.3, -0.25) is 4.98 Å². The molecule has 1 aromatic heterocycles. The predicted octanol–water partition coefficient (Wildman–Crippen LogP) is 7.48. The van der Waals surface area contributed by atoms with Crippen molar-refractivity contribution >= 4 is 23.2 Å². The molecule has 31 heavy (non-hydrogen) atoms. The summed E-state index contributed by atoms with van der Waals surface area (Å²) in [4.78, 5) is 4.35. The van der Waals surface area contributed by atoms with Gasteiger partial charge in [0.15, 0.2) is 0 Å². The van der Waals surface area contributed by atoms with Crippen LogP contribution in [0.5, 0.6) is 0 Å². The van der Waals surface area contributed by atoms with Crippen molar-refractivity contribution in [2.45, 2.75) is 45.6 Å². The van der Waals surface area contributed by atoms with E-state index in [1.807, 2.05) is 42.7 Å². The van der Waals surface area contributed by atoms with E-state index in [4.69, 9.17) is 23.2 Å². The van der Waals surface area contributed by atoms with Crippen LogP contribution < -0.4 is 5.32 Å². The van der Waals surface area contributed by atoms with Gasteiger partial charge in [0.05, 0.1) is 0 Å². The highest BCUT2D eigenvalue weighted by atomic mass is 35.5. The van der Waals surface area contributed by atoms with Crippen LogP contribution in [0, 0.1) is 5.41 Å². The number of aromatic nitrogens is 1. The summed E-state index contributed by atoms with van der Waals surface area (Å²) < 4.78 is 0. The quantitative estimate of drug-likeness (QED) is 0.363. The summed E-state index contributed by atoms with van der Waals surface area (Å²) in [5.41, 5.74) is 4.62. The molecule has 0 saturated heterocycles. The normalized spacial score (nSPS) is 13.5. The Labute approximate surface area is 196 Å². The van der Waals surface area contributed by atoms with E-state index < -0.39 is 0 Å². The second kappa shape index (κ2) is 10.3. The number of pyridine rings is 1. The van der Waals surface area contributed by atoms with Gasteiger partial charge in [0.25, 0.3) is 0 Å². The molecule has 2 atom stereocenters. The van der Waals surface area contributed by atoms with E-state index >= 15 is 0 Å². The van der Waals surface area contributed by atoms with Gasteiger partial charge < -0.3 is 5.32 Å². The van der Waals surface area contributed by atoms with Crippen molar-refractivity contribution in [2.24, 2.45) is 5.41 Å². The molecule has 0 aliphatic heterocycles. The SMILES string of the molecule is C=C(NC(C)C(Cc1ccc(Cl)cc1)c1cccnc1)C(C)(C)Cc1ccc(Cl)cc1. The van der Waals surface area contributed by atoms with Gasteiger partial charge in [0, 0.05) is 45.5 Å². The maximum atomic E-state index is 6.08. The molecule has 0 saturated carbocycles. The summed E-state index contributed by atoms with van der Waals surface area (Å²) in [5.74, 6) is 0.248. The predicted molar refractivity (Wildman–Crippen MR) is 133 cm³/mol. The Morgan fingerprint density at radius 1 is 0.968 bits per heavy atom. The first kappa shape index (κ1) is 23.4. The minimum Gasteiger partial charge on any atom is -0.385 e. The maximum Gasteiger partial charge on any atom is 0.0406 e. The van der Waals surface area contributed by atoms with Gasteiger partial charge in [0.1, 0.15) is 0 Å². The standard InChI is InChI=1S/C27H30Cl2N2/c1-19(31-20(2)27(3,4)17-22-9-13-25(29)14-10-22)26(23-6-5-15-30-18-23)16-21-7-11-24(28)12-8-21/h5-15,18-19,26,31H,2,16-17H2,1,3-4H3. The molecule has 0 amide bonds. The molecule has 2 unspecified atom stereocenters. The highest BCUT2D eigenvalue weighted by molar-refractivity contribution is 6.30. The van der Waals surface area contributed by atoms with Crippen LogP contribution >= 0.6 is 23.2 Å². The third kappa shape index (κ3) is 6.59. The zero-order valence-electron chi connectivity index (χ0n) is 18.4. The lowest BCUT2D eigenvalue weighted by molar-refractivity contribution is 0.376. The Morgan fingerprint density at radius 2 is 1.55 bits per heavy atom. The minimum atomic E-state index is -0.109. The average molecular weight is 453 g/mol. The van der Waals surface area contributed by atoms with Gasteiger partial charge in [-0.05, 0) is 66.8 Å². The summed E-state index contributed by atoms with van der Waals surface area (Å²) in [5, 5.41) is 5.22. The van der Waals surface area contributed by atoms with Crippen LogP contribution in [-0.4, -0.2) is 11.0 Å². The number of halogens is 2. The third-order valence-electron chi connectivity index (χ3n) is 5.86. The Hall–Kier alpha value is -2.29. The van der Waals surface area contributed by atoms with E-state index in [2.05, 4.69) is 68.0 Å². The Bertz CT molecular complexity index is 980. The molecule has 4 heteroatoms. The van der Waals surface area contributed by atoms with Crippen LogP contribution in [0.2, 0.25) is 10.0 Å². The fourth-order valence-corrected chi connectivity index (χ4v) is 4.10. The molecular weight excluding hydrogens is 423 g/mol. The number of hydrogen-bond acceptors (Lipinski definition) is 2. The second-order valence-electron chi connectivity index (χ2n) is 8.82. The molecule has 162 valence electrons. The molecule has 0 bridgehead atoms. The molecular formula is C27H30Cl2N2. The molecule has 1 heterocycles. The molecule has 0 aliphatic rings. The summed E-state index contributed by atoms with van der Waals surface area (Å²) in [6.07, 6.45) is 5.55. The van der Waals surface area contributed by atoms with Gasteiger partial charge in [-0.1, -0.05) is 74.0 Å². The number of nitrogens with one attached hydrogen (secondary N) is 1. The van der Waals surface area contributed by atoms with Crippen LogP contribution in [0.3, 0.4) is 0 Å². The largest absolute Gasteiger partial charge is 0.385 e. The first-order chi connectivity index (χ1) is 14.7. The first-order valence-corrected chi connectivity index (χ1v) is 11.3. The average Bonchev–Trinajstić information content (AvgIpc) is 2.75. The van der Waals surface area contributed by atoms with Crippen molar-refractivity contribution in [1.29, 1.82) is 0 Å². The number of hydrogen-bond donors (Lipinski definition) is 1. The maximum absolute atomic E-state index is 6.08. The lowest BCUT2D eigenvalue weighted by atomic mass is 9.81. The summed E-state index contributed by atoms with van der Waals surface area (Å²) in [7, 11) is 0. The van der Waals surface area contributed by atoms with Crippen molar-refractivity contribution in [3.8, 4) is 0 Å². The van der Waals surface area contributed by atoms with Crippen LogP contribution in [0.1, 0.15) is 43.4 Å². The molecule has 0 fully saturated rings. The first-order valence-electron chi connectivity index (χ1n) is 10.6. The van der Waals surface area contributed by atoms with Crippen LogP contribution in [-0.2, 0) is 12.8 Å². The van der Waals surface area contributed by atoms with Crippen molar-refractivity contribution in [2.75, 3.05) is 0 Å². The highest BCUT2D eigenvalue weighted by Gasteiger charge is 2.27. The van der Waals surface area contributed by atoms with Crippen LogP contribution in [0.4, 0.5) is 0 Å². The fraction of sp³-hybridized carbons (Fsp3) is 0.296. The van der Waals surface area contributed by atoms with Gasteiger partial charge >= 0.3 is 0 Å². The lowest BCUT2D eigenvalue weighted by Crippen LogP contribution is -2.38. The summed E-state index contributed by atoms with van der Waals surface area (Å²) >= 11 is 12.1. The minimum absolute atomic E-state index is 0.109. The van der Waals surface area contributed by atoms with Crippen molar-refractivity contribution in [1.82, 2.24) is 10.3 Å². The van der Waals surface area contributed by atoms with Crippen LogP contribution in [0.25, 0.3) is 0 Å². The monoisotopic (exact) mass is 452 g/mol. The molecule has 0 radical (unpaired) electrons. The fourth-order valence-electron chi connectivity index (χ4n) is 3.84. The van der Waals surface area contributed by atoms with Crippen molar-refractivity contribution in [3.63, 3.8) is 0 Å². The second-order valence-corrected chi connectivity index (χ2v) is 9.70. The molecule has 0 spiro atoms. The lowest BCUT2D eigenvalue weighted by Gasteiger charge is -2.34. The third-order valence-corrected chi connectivity index (χ3v) is 6.37. The molecule has 2 aromatic carbocycles. The molecule has 3 rings (SSSR count). The zero-order chi connectivity index (χ0) is 22.4. The van der Waals surface area contributed by atoms with Gasteiger partial charge in [-0.15, -0.1) is 0 Å². The highest BCUT2D eigenvalue weighted by Crippen LogP contribution is 2.31. The van der Waals surface area contributed by atoms with Gasteiger partial charge in [0.2, 0.25) is 0 Å². The summed E-state index contributed by atoms with van der Waals surface area (Å²) in [6.45, 7) is 11.1. The molecule has 0 aliphatic carbocycles. The van der Waals surface area contributed by atoms with E-state index in [9.17, 15) is 0 Å². The van der Waals surface area contributed by atoms with E-state index in [0.717, 1.165) is 28.6 Å². The zero-order valence-corrected chi connectivity index (χ0v) is 19.9.